The largest absolute Gasteiger partial charge is 0.444 e. The Hall–Kier alpha value is -2.24. The van der Waals surface area contributed by atoms with Gasteiger partial charge >= 0.3 is 6.09 Å². The summed E-state index contributed by atoms with van der Waals surface area (Å²) in [5.41, 5.74) is 0.677. The van der Waals surface area contributed by atoms with Crippen molar-refractivity contribution in [1.82, 2.24) is 15.5 Å². The normalized spacial score (nSPS) is 16.0. The van der Waals surface area contributed by atoms with Crippen LogP contribution in [0.25, 0.3) is 0 Å². The molecule has 26 heavy (non-hydrogen) atoms. The van der Waals surface area contributed by atoms with Gasteiger partial charge < -0.3 is 20.3 Å². The molecule has 144 valence electrons. The van der Waals surface area contributed by atoms with Gasteiger partial charge in [-0.1, -0.05) is 30.3 Å². The molecule has 1 aliphatic rings. The molecule has 1 aromatic carbocycles. The molecule has 2 N–H and O–H groups in total. The number of carbonyl (C=O) groups is 1. The van der Waals surface area contributed by atoms with Crippen LogP contribution in [0.4, 0.5) is 4.79 Å². The van der Waals surface area contributed by atoms with Crippen molar-refractivity contribution in [3.63, 3.8) is 0 Å². The Morgan fingerprint density at radius 2 is 1.92 bits per heavy atom. The lowest BCUT2D eigenvalue weighted by molar-refractivity contribution is 0.0498. The molecule has 1 saturated carbocycles. The number of ether oxygens (including phenoxy) is 1. The van der Waals surface area contributed by atoms with E-state index in [0.29, 0.717) is 19.0 Å². The summed E-state index contributed by atoms with van der Waals surface area (Å²) in [4.78, 5) is 18.7. The molecule has 2 rings (SSSR count). The topological polar surface area (TPSA) is 66.0 Å². The molecule has 0 spiro atoms. The Morgan fingerprint density at radius 3 is 2.46 bits per heavy atom. The van der Waals surface area contributed by atoms with Gasteiger partial charge in [0.2, 0.25) is 0 Å². The maximum absolute atomic E-state index is 12.1. The summed E-state index contributed by atoms with van der Waals surface area (Å²) in [6.45, 7) is 6.87. The van der Waals surface area contributed by atoms with Gasteiger partial charge in [0.25, 0.3) is 0 Å². The van der Waals surface area contributed by atoms with Crippen LogP contribution < -0.4 is 10.6 Å². The van der Waals surface area contributed by atoms with Gasteiger partial charge in [-0.3, -0.25) is 0 Å². The van der Waals surface area contributed by atoms with Gasteiger partial charge in [-0.15, -0.1) is 0 Å². The van der Waals surface area contributed by atoms with Gasteiger partial charge in [0.05, 0.1) is 12.6 Å². The highest BCUT2D eigenvalue weighted by molar-refractivity contribution is 5.79. The Morgan fingerprint density at radius 1 is 1.27 bits per heavy atom. The third kappa shape index (κ3) is 7.33. The summed E-state index contributed by atoms with van der Waals surface area (Å²) in [5.74, 6) is 1.32. The zero-order valence-corrected chi connectivity index (χ0v) is 16.6. The molecular weight excluding hydrogens is 328 g/mol. The Bertz CT molecular complexity index is 604. The average molecular weight is 361 g/mol. The van der Waals surface area contributed by atoms with Crippen LogP contribution in [0.3, 0.4) is 0 Å². The van der Waals surface area contributed by atoms with E-state index in [4.69, 9.17) is 4.74 Å². The van der Waals surface area contributed by atoms with Gasteiger partial charge in [0.1, 0.15) is 5.60 Å². The summed E-state index contributed by atoms with van der Waals surface area (Å²) < 4.78 is 5.39. The summed E-state index contributed by atoms with van der Waals surface area (Å²) in [6.07, 6.45) is 1.92. The van der Waals surface area contributed by atoms with Gasteiger partial charge in [-0.2, -0.15) is 0 Å². The molecule has 1 aliphatic carbocycles. The van der Waals surface area contributed by atoms with Crippen molar-refractivity contribution in [2.45, 2.75) is 51.8 Å². The minimum absolute atomic E-state index is 0.0479. The third-order valence-corrected chi connectivity index (χ3v) is 4.05. The second kappa shape index (κ2) is 8.92. The summed E-state index contributed by atoms with van der Waals surface area (Å²) in [7, 11) is 3.93. The maximum atomic E-state index is 12.1. The molecule has 6 nitrogen and oxygen atoms in total. The van der Waals surface area contributed by atoms with Crippen LogP contribution in [0.2, 0.25) is 0 Å². The first kappa shape index (κ1) is 20.1. The van der Waals surface area contributed by atoms with E-state index in [-0.39, 0.29) is 12.1 Å². The molecule has 1 amide bonds. The predicted octanol–water partition coefficient (Wildman–Crippen LogP) is 3.00. The van der Waals surface area contributed by atoms with E-state index >= 15 is 0 Å². The highest BCUT2D eigenvalue weighted by Crippen LogP contribution is 2.32. The van der Waals surface area contributed by atoms with Gasteiger partial charge in [0.15, 0.2) is 5.96 Å². The first-order valence-electron chi connectivity index (χ1n) is 9.23. The Labute approximate surface area is 157 Å². The molecule has 1 atom stereocenters. The quantitative estimate of drug-likeness (QED) is 0.605. The smallest absolute Gasteiger partial charge is 0.407 e. The van der Waals surface area contributed by atoms with Crippen LogP contribution in [0.5, 0.6) is 0 Å². The fourth-order valence-corrected chi connectivity index (χ4v) is 2.60. The molecule has 1 unspecified atom stereocenters. The SMILES string of the molecule is CN(C)C(=NCc1ccccc1)NCC(NC(=O)OC(C)(C)C)C1CC1. The van der Waals surface area contributed by atoms with Crippen LogP contribution in [0.15, 0.2) is 35.3 Å². The van der Waals surface area contributed by atoms with Crippen molar-refractivity contribution in [2.75, 3.05) is 20.6 Å². The fraction of sp³-hybridized carbons (Fsp3) is 0.600. The first-order chi connectivity index (χ1) is 12.2. The lowest BCUT2D eigenvalue weighted by Crippen LogP contribution is -2.48. The number of alkyl carbamates (subject to hydrolysis) is 1. The molecule has 0 aromatic heterocycles. The van der Waals surface area contributed by atoms with Crippen LogP contribution in [-0.2, 0) is 11.3 Å². The number of hydrogen-bond acceptors (Lipinski definition) is 3. The number of rotatable bonds is 6. The monoisotopic (exact) mass is 360 g/mol. The minimum Gasteiger partial charge on any atom is -0.444 e. The second-order valence-corrected chi connectivity index (χ2v) is 7.99. The highest BCUT2D eigenvalue weighted by Gasteiger charge is 2.33. The van der Waals surface area contributed by atoms with Crippen LogP contribution >= 0.6 is 0 Å². The number of nitrogens with zero attached hydrogens (tertiary/aromatic N) is 2. The summed E-state index contributed by atoms with van der Waals surface area (Å²) in [6, 6.07) is 10.2. The molecular formula is C20H32N4O2. The zero-order valence-electron chi connectivity index (χ0n) is 16.6. The van der Waals surface area contributed by atoms with E-state index in [1.54, 1.807) is 0 Å². The molecule has 0 saturated heterocycles. The standard InChI is InChI=1S/C20H32N4O2/c1-20(2,3)26-19(25)23-17(16-11-12-16)14-22-18(24(4)5)21-13-15-9-7-6-8-10-15/h6-10,16-17H,11-14H2,1-5H3,(H,21,22)(H,23,25). The Balaban J connectivity index is 1.91. The number of benzene rings is 1. The number of amides is 1. The zero-order chi connectivity index (χ0) is 19.2. The van der Waals surface area contributed by atoms with Gasteiger partial charge in [-0.25, -0.2) is 9.79 Å². The van der Waals surface area contributed by atoms with Crippen molar-refractivity contribution in [3.05, 3.63) is 35.9 Å². The van der Waals surface area contributed by atoms with Crippen molar-refractivity contribution in [2.24, 2.45) is 10.9 Å². The van der Waals surface area contributed by atoms with Gasteiger partial charge in [0, 0.05) is 20.6 Å². The van der Waals surface area contributed by atoms with Gasteiger partial charge in [-0.05, 0) is 45.1 Å². The number of hydrogen-bond donors (Lipinski definition) is 2. The molecule has 1 aromatic rings. The van der Waals surface area contributed by atoms with Crippen molar-refractivity contribution < 1.29 is 9.53 Å². The second-order valence-electron chi connectivity index (χ2n) is 7.99. The molecule has 0 aliphatic heterocycles. The molecule has 1 fully saturated rings. The molecule has 6 heteroatoms. The number of nitrogens with one attached hydrogen (secondary N) is 2. The van der Waals surface area contributed by atoms with E-state index in [0.717, 1.165) is 18.8 Å². The summed E-state index contributed by atoms with van der Waals surface area (Å²) in [5, 5.41) is 6.39. The van der Waals surface area contributed by atoms with Crippen molar-refractivity contribution in [3.8, 4) is 0 Å². The number of aliphatic imine (C=N–C) groups is 1. The number of carbonyl (C=O) groups excluding carboxylic acids is 1. The maximum Gasteiger partial charge on any atom is 0.407 e. The summed E-state index contributed by atoms with van der Waals surface area (Å²) >= 11 is 0. The average Bonchev–Trinajstić information content (AvgIpc) is 3.37. The van der Waals surface area contributed by atoms with E-state index in [2.05, 4.69) is 27.8 Å². The van der Waals surface area contributed by atoms with E-state index in [1.807, 2.05) is 58.0 Å². The van der Waals surface area contributed by atoms with Crippen LogP contribution in [-0.4, -0.2) is 49.2 Å². The minimum atomic E-state index is -0.489. The molecule has 0 radical (unpaired) electrons. The number of guanidine groups is 1. The van der Waals surface area contributed by atoms with Crippen LogP contribution in [0, 0.1) is 5.92 Å². The Kier molecular flexibility index (Phi) is 6.89. The first-order valence-corrected chi connectivity index (χ1v) is 9.23. The predicted molar refractivity (Wildman–Crippen MR) is 105 cm³/mol. The lowest BCUT2D eigenvalue weighted by atomic mass is 10.2. The van der Waals surface area contributed by atoms with Crippen molar-refractivity contribution >= 4 is 12.1 Å². The lowest BCUT2D eigenvalue weighted by Gasteiger charge is -2.25. The fourth-order valence-electron chi connectivity index (χ4n) is 2.60. The molecule has 0 bridgehead atoms. The third-order valence-electron chi connectivity index (χ3n) is 4.05. The van der Waals surface area contributed by atoms with E-state index < -0.39 is 5.60 Å². The van der Waals surface area contributed by atoms with Crippen molar-refractivity contribution in [1.29, 1.82) is 0 Å². The van der Waals surface area contributed by atoms with E-state index in [9.17, 15) is 4.79 Å². The van der Waals surface area contributed by atoms with E-state index in [1.165, 1.54) is 5.56 Å². The van der Waals surface area contributed by atoms with Crippen LogP contribution in [0.1, 0.15) is 39.2 Å². The highest BCUT2D eigenvalue weighted by atomic mass is 16.6. The molecule has 0 heterocycles.